The van der Waals surface area contributed by atoms with Crippen molar-refractivity contribution >= 4 is 65.8 Å². The molecular formula is C21H24FN9O8P2S2. The molecule has 0 spiro atoms. The zero-order valence-corrected chi connectivity index (χ0v) is 25.4. The number of hydrogen-bond acceptors (Lipinski definition) is 14. The molecule has 1 saturated heterocycles. The monoisotopic (exact) mass is 675 g/mol. The highest BCUT2D eigenvalue weighted by atomic mass is 32.7. The van der Waals surface area contributed by atoms with Crippen LogP contribution in [0.15, 0.2) is 17.3 Å². The lowest BCUT2D eigenvalue weighted by Gasteiger charge is -2.24. The second-order valence-electron chi connectivity index (χ2n) is 10.1. The van der Waals surface area contributed by atoms with Crippen molar-refractivity contribution in [3.8, 4) is 0 Å². The third-order valence-electron chi connectivity index (χ3n) is 7.10. The average Bonchev–Trinajstić information content (AvgIpc) is 3.53. The summed E-state index contributed by atoms with van der Waals surface area (Å²) < 4.78 is 60.3. The molecule has 2 unspecified atom stereocenters. The third kappa shape index (κ3) is 5.77. The zero-order chi connectivity index (χ0) is 30.1. The minimum atomic E-state index is -4.31. The molecule has 6 atom stereocenters. The number of H-pyrrole nitrogens is 1. The number of nitrogen functional groups attached to an aromatic ring is 1. The summed E-state index contributed by atoms with van der Waals surface area (Å²) in [5.41, 5.74) is 5.84. The second kappa shape index (κ2) is 10.9. The fourth-order valence-corrected chi connectivity index (χ4v) is 7.43. The van der Waals surface area contributed by atoms with Gasteiger partial charge in [0.1, 0.15) is 36.0 Å². The fourth-order valence-electron chi connectivity index (χ4n) is 4.93. The van der Waals surface area contributed by atoms with E-state index in [0.29, 0.717) is 17.0 Å². The predicted octanol–water partition coefficient (Wildman–Crippen LogP) is 1.86. The molecule has 17 nitrogen and oxygen atoms in total. The van der Waals surface area contributed by atoms with E-state index < -0.39 is 50.3 Å². The number of nitrogens with one attached hydrogen (secondary N) is 1. The number of thiol groups is 1. The molecule has 230 valence electrons. The minimum Gasteiger partial charge on any atom is -0.369 e. The van der Waals surface area contributed by atoms with Crippen LogP contribution in [0.25, 0.3) is 22.3 Å². The Bertz CT molecular complexity index is 1890. The smallest absolute Gasteiger partial charge is 0.369 e. The topological polar surface area (TPSA) is 217 Å². The summed E-state index contributed by atoms with van der Waals surface area (Å²) in [5.74, 6) is 0.992. The molecule has 0 aromatic carbocycles. The molecule has 2 aliphatic heterocycles. The van der Waals surface area contributed by atoms with Gasteiger partial charge in [-0.05, 0) is 24.6 Å². The van der Waals surface area contributed by atoms with Crippen molar-refractivity contribution in [2.45, 2.75) is 56.5 Å². The van der Waals surface area contributed by atoms with Gasteiger partial charge in [-0.2, -0.15) is 4.98 Å². The number of ether oxygens (including phenoxy) is 1. The molecular weight excluding hydrogens is 651 g/mol. The number of aromatic amines is 1. The van der Waals surface area contributed by atoms with E-state index in [4.69, 9.17) is 40.4 Å². The Hall–Kier alpha value is -2.38. The first kappa shape index (κ1) is 29.3. The van der Waals surface area contributed by atoms with E-state index in [-0.39, 0.29) is 48.6 Å². The van der Waals surface area contributed by atoms with Crippen molar-refractivity contribution in [1.29, 1.82) is 0 Å². The molecule has 6 heterocycles. The molecule has 43 heavy (non-hydrogen) atoms. The van der Waals surface area contributed by atoms with Gasteiger partial charge >= 0.3 is 13.5 Å². The van der Waals surface area contributed by atoms with E-state index in [1.807, 2.05) is 0 Å². The largest absolute Gasteiger partial charge is 0.387 e. The Kier molecular flexibility index (Phi) is 7.44. The lowest BCUT2D eigenvalue weighted by Crippen LogP contribution is -2.32. The van der Waals surface area contributed by atoms with Crippen LogP contribution in [0.5, 0.6) is 0 Å². The number of hydrogen-bond donors (Lipinski definition) is 4. The van der Waals surface area contributed by atoms with E-state index in [0.717, 1.165) is 12.8 Å². The van der Waals surface area contributed by atoms with Gasteiger partial charge in [0.05, 0.1) is 25.7 Å². The Balaban J connectivity index is 1.25. The van der Waals surface area contributed by atoms with Gasteiger partial charge in [-0.25, -0.2) is 28.9 Å². The van der Waals surface area contributed by atoms with Gasteiger partial charge in [0, 0.05) is 12.5 Å². The van der Waals surface area contributed by atoms with Crippen LogP contribution >= 0.6 is 25.8 Å². The van der Waals surface area contributed by atoms with Gasteiger partial charge in [-0.3, -0.25) is 23.4 Å². The molecule has 7 rings (SSSR count). The van der Waals surface area contributed by atoms with Crippen LogP contribution in [0.4, 0.5) is 10.3 Å². The van der Waals surface area contributed by atoms with Gasteiger partial charge in [0.25, 0.3) is 5.56 Å². The van der Waals surface area contributed by atoms with E-state index in [1.165, 1.54) is 10.9 Å². The summed E-state index contributed by atoms with van der Waals surface area (Å²) in [6.07, 6.45) is -1.69. The summed E-state index contributed by atoms with van der Waals surface area (Å²) in [6.45, 7) is -9.12. The Morgan fingerprint density at radius 3 is 2.79 bits per heavy atom. The Labute approximate surface area is 251 Å². The van der Waals surface area contributed by atoms with Crippen LogP contribution in [-0.2, 0) is 52.4 Å². The average molecular weight is 676 g/mol. The number of fused-ring (bicyclic) bond motifs is 6. The first-order valence-corrected chi connectivity index (χ1v) is 18.3. The van der Waals surface area contributed by atoms with Crippen molar-refractivity contribution in [2.75, 3.05) is 18.9 Å². The van der Waals surface area contributed by atoms with Gasteiger partial charge in [0.2, 0.25) is 5.95 Å². The summed E-state index contributed by atoms with van der Waals surface area (Å²) in [6, 6.07) is 0. The van der Waals surface area contributed by atoms with E-state index in [1.54, 1.807) is 10.8 Å². The van der Waals surface area contributed by atoms with Crippen LogP contribution in [0.1, 0.15) is 36.6 Å². The molecule has 2 bridgehead atoms. The molecule has 4 N–H and O–H groups in total. The minimum absolute atomic E-state index is 0.0473. The molecule has 2 fully saturated rings. The number of aromatic nitrogens is 8. The highest BCUT2D eigenvalue weighted by Crippen LogP contribution is 2.58. The fraction of sp³-hybridized carbons (Fsp3) is 0.524. The maximum atomic E-state index is 15.9. The van der Waals surface area contributed by atoms with Crippen molar-refractivity contribution in [3.05, 3.63) is 34.5 Å². The number of nitrogens with two attached hydrogens (primary N) is 1. The molecule has 4 aromatic rings. The molecule has 0 amide bonds. The summed E-state index contributed by atoms with van der Waals surface area (Å²) in [4.78, 5) is 47.0. The lowest BCUT2D eigenvalue weighted by molar-refractivity contribution is -0.0453. The first-order valence-electron chi connectivity index (χ1n) is 13.0. The quantitative estimate of drug-likeness (QED) is 0.176. The van der Waals surface area contributed by atoms with Crippen molar-refractivity contribution in [3.63, 3.8) is 0 Å². The molecule has 22 heteroatoms. The van der Waals surface area contributed by atoms with E-state index in [2.05, 4.69) is 42.2 Å². The Morgan fingerprint density at radius 2 is 2.00 bits per heavy atom. The zero-order valence-electron chi connectivity index (χ0n) is 21.9. The summed E-state index contributed by atoms with van der Waals surface area (Å²) >= 11 is 9.24. The lowest BCUT2D eigenvalue weighted by atomic mass is 10.1. The van der Waals surface area contributed by atoms with Crippen LogP contribution < -0.4 is 11.3 Å². The van der Waals surface area contributed by atoms with Gasteiger partial charge < -0.3 is 29.0 Å². The number of rotatable bonds is 2. The SMILES string of the molecule is Nc1nc2c(ncn2[C@H]2O[C@@H]3COP(O)(=S)OCCn4c(nc5cnc(C6CC6)nc54)COP(=O)(S)O[C@@H]2[C@@H]3F)c(=O)[nH]1. The number of alkyl halides is 1. The summed E-state index contributed by atoms with van der Waals surface area (Å²) in [5, 5.41) is 0. The molecule has 1 saturated carbocycles. The standard InChI is InChI=1S/C21H24FN9O8P2S2/c22-13-11-6-36-40(33,42)35-4-3-30-12(26-10-5-24-16(9-1-2-9)27-17(10)30)7-37-41(34,43)39-15(13)20(38-11)31-8-25-14-18(31)28-21(23)29-19(14)32/h5,8-9,11,13,15,20H,1-4,6-7H2,(H,33,42)(H,34,43)(H3,23,28,29,32)/t11-,13-,15-,20+,40?,41?/m1/s1. The van der Waals surface area contributed by atoms with Crippen LogP contribution in [-0.4, -0.2) is 75.5 Å². The van der Waals surface area contributed by atoms with Gasteiger partial charge in [-0.1, -0.05) is 12.2 Å². The van der Waals surface area contributed by atoms with Crippen LogP contribution in [0.2, 0.25) is 0 Å². The maximum Gasteiger partial charge on any atom is 0.387 e. The van der Waals surface area contributed by atoms with Crippen molar-refractivity contribution in [1.82, 2.24) is 39.0 Å². The van der Waals surface area contributed by atoms with Crippen molar-refractivity contribution in [2.24, 2.45) is 0 Å². The molecule has 4 aromatic heterocycles. The van der Waals surface area contributed by atoms with Gasteiger partial charge in [-0.15, -0.1) is 0 Å². The van der Waals surface area contributed by atoms with E-state index >= 15 is 4.39 Å². The predicted molar refractivity (Wildman–Crippen MR) is 153 cm³/mol. The number of imidazole rings is 2. The van der Waals surface area contributed by atoms with Gasteiger partial charge in [0.15, 0.2) is 29.2 Å². The molecule has 0 radical (unpaired) electrons. The number of halogens is 1. The Morgan fingerprint density at radius 1 is 1.19 bits per heavy atom. The maximum absolute atomic E-state index is 15.9. The highest BCUT2D eigenvalue weighted by Gasteiger charge is 2.51. The molecule has 1 aliphatic carbocycles. The molecule has 3 aliphatic rings. The number of anilines is 1. The second-order valence-corrected chi connectivity index (χ2v) is 15.8. The third-order valence-corrected chi connectivity index (χ3v) is 10.3. The van der Waals surface area contributed by atoms with Crippen LogP contribution in [0.3, 0.4) is 0 Å². The summed E-state index contributed by atoms with van der Waals surface area (Å²) in [7, 11) is 0. The van der Waals surface area contributed by atoms with Crippen molar-refractivity contribution < 1.29 is 36.7 Å². The first-order chi connectivity index (χ1) is 20.5. The highest BCUT2D eigenvalue weighted by molar-refractivity contribution is 8.44. The number of nitrogens with zero attached hydrogens (tertiary/aromatic N) is 7. The van der Waals surface area contributed by atoms with Crippen LogP contribution in [0, 0.1) is 0 Å². The van der Waals surface area contributed by atoms with E-state index in [9.17, 15) is 14.3 Å². The normalized spacial score (nSPS) is 32.4.